The maximum absolute atomic E-state index is 5.67. The van der Waals surface area contributed by atoms with E-state index in [4.69, 9.17) is 5.73 Å². The molecule has 2 N–H and O–H groups in total. The lowest BCUT2D eigenvalue weighted by atomic mass is 10.4. The maximum Gasteiger partial charge on any atom is 0.0149 e. The van der Waals surface area contributed by atoms with Crippen LogP contribution >= 0.6 is 11.8 Å². The molecule has 0 fully saturated rings. The largest absolute Gasteiger partial charge is 0.402 e. The summed E-state index contributed by atoms with van der Waals surface area (Å²) in [4.78, 5) is 2.43. The fraction of sp³-hybridized carbons (Fsp3) is 0.556. The van der Waals surface area contributed by atoms with Gasteiger partial charge in [-0.3, -0.25) is 0 Å². The Labute approximate surface area is 73.7 Å². The van der Waals surface area contributed by atoms with Gasteiger partial charge in [0.1, 0.15) is 0 Å². The van der Waals surface area contributed by atoms with Crippen LogP contribution in [0.2, 0.25) is 0 Å². The average molecular weight is 171 g/mol. The molecule has 0 aliphatic carbocycles. The fourth-order valence-electron chi connectivity index (χ4n) is 0.678. The first-order valence-corrected chi connectivity index (χ1v) is 4.74. The molecule has 1 nitrogen and oxygen atoms in total. The number of allylic oxidation sites excluding steroid dienone is 3. The number of hydrogen-bond donors (Lipinski definition) is 1. The van der Waals surface area contributed by atoms with E-state index in [9.17, 15) is 0 Å². The van der Waals surface area contributed by atoms with Gasteiger partial charge in [0.25, 0.3) is 0 Å². The van der Waals surface area contributed by atoms with Crippen molar-refractivity contribution in [3.63, 3.8) is 0 Å². The third kappa shape index (κ3) is 4.14. The predicted octanol–water partition coefficient (Wildman–Crippen LogP) is 3.24. The SMILES string of the molecule is C=C(CC)S/C(CC)=C(/C)N. The normalized spacial score (nSPS) is 12.6. The Kier molecular flexibility index (Phi) is 5.12. The minimum Gasteiger partial charge on any atom is -0.402 e. The predicted molar refractivity (Wildman–Crippen MR) is 54.2 cm³/mol. The summed E-state index contributed by atoms with van der Waals surface area (Å²) in [5.74, 6) is 0. The van der Waals surface area contributed by atoms with Gasteiger partial charge in [-0.1, -0.05) is 32.2 Å². The van der Waals surface area contributed by atoms with E-state index >= 15 is 0 Å². The van der Waals surface area contributed by atoms with E-state index < -0.39 is 0 Å². The van der Waals surface area contributed by atoms with E-state index in [0.717, 1.165) is 18.5 Å². The van der Waals surface area contributed by atoms with Crippen molar-refractivity contribution in [2.45, 2.75) is 33.6 Å². The third-order valence-corrected chi connectivity index (χ3v) is 2.86. The summed E-state index contributed by atoms with van der Waals surface area (Å²) >= 11 is 1.71. The molecule has 0 heterocycles. The van der Waals surface area contributed by atoms with Crippen LogP contribution in [0.25, 0.3) is 0 Å². The second kappa shape index (κ2) is 5.30. The van der Waals surface area contributed by atoms with Crippen molar-refractivity contribution in [2.75, 3.05) is 0 Å². The number of thioether (sulfide) groups is 1. The van der Waals surface area contributed by atoms with Crippen molar-refractivity contribution in [3.8, 4) is 0 Å². The van der Waals surface area contributed by atoms with E-state index in [1.165, 1.54) is 9.81 Å². The minimum absolute atomic E-state index is 0.923. The van der Waals surface area contributed by atoms with E-state index in [1.54, 1.807) is 11.8 Å². The van der Waals surface area contributed by atoms with Crippen LogP contribution in [0.4, 0.5) is 0 Å². The summed E-state index contributed by atoms with van der Waals surface area (Å²) in [6, 6.07) is 0. The summed E-state index contributed by atoms with van der Waals surface area (Å²) in [7, 11) is 0. The smallest absolute Gasteiger partial charge is 0.0149 e. The molecule has 0 rings (SSSR count). The maximum atomic E-state index is 5.67. The molecule has 2 heteroatoms. The Bertz CT molecular complexity index is 166. The van der Waals surface area contributed by atoms with Crippen LogP contribution in [0.5, 0.6) is 0 Å². The van der Waals surface area contributed by atoms with Crippen LogP contribution in [0.3, 0.4) is 0 Å². The molecule has 0 aliphatic heterocycles. The molecule has 0 aromatic heterocycles. The second-order valence-electron chi connectivity index (χ2n) is 2.45. The average Bonchev–Trinajstić information content (AvgIpc) is 1.99. The fourth-order valence-corrected chi connectivity index (χ4v) is 1.48. The van der Waals surface area contributed by atoms with Crippen molar-refractivity contribution < 1.29 is 0 Å². The Morgan fingerprint density at radius 1 is 1.36 bits per heavy atom. The molecule has 0 unspecified atom stereocenters. The summed E-state index contributed by atoms with van der Waals surface area (Å²) < 4.78 is 0. The molecule has 0 atom stereocenters. The van der Waals surface area contributed by atoms with Crippen molar-refractivity contribution in [1.29, 1.82) is 0 Å². The summed E-state index contributed by atoms with van der Waals surface area (Å²) in [6.07, 6.45) is 2.02. The van der Waals surface area contributed by atoms with Crippen molar-refractivity contribution in [2.24, 2.45) is 5.73 Å². The first-order valence-electron chi connectivity index (χ1n) is 3.92. The standard InChI is InChI=1S/C9H17NS/c1-5-7(3)11-9(6-2)8(4)10/h3,5-6,10H2,1-2,4H3/b9-8-. The van der Waals surface area contributed by atoms with Gasteiger partial charge < -0.3 is 5.73 Å². The third-order valence-electron chi connectivity index (χ3n) is 1.42. The van der Waals surface area contributed by atoms with Crippen LogP contribution in [-0.4, -0.2) is 0 Å². The molecule has 0 spiro atoms. The molecule has 0 radical (unpaired) electrons. The molecule has 64 valence electrons. The Balaban J connectivity index is 4.11. The van der Waals surface area contributed by atoms with Crippen LogP contribution < -0.4 is 5.73 Å². The zero-order valence-electron chi connectivity index (χ0n) is 7.61. The summed E-state index contributed by atoms with van der Waals surface area (Å²) in [6.45, 7) is 10.1. The van der Waals surface area contributed by atoms with Gasteiger partial charge >= 0.3 is 0 Å². The lowest BCUT2D eigenvalue weighted by Crippen LogP contribution is -1.94. The number of nitrogens with two attached hydrogens (primary N) is 1. The molecular weight excluding hydrogens is 154 g/mol. The lowest BCUT2D eigenvalue weighted by molar-refractivity contribution is 1.13. The van der Waals surface area contributed by atoms with Gasteiger partial charge in [-0.15, -0.1) is 0 Å². The molecule has 0 aromatic rings. The summed E-state index contributed by atoms with van der Waals surface area (Å²) in [5, 5.41) is 0. The molecule has 0 amide bonds. The first-order chi connectivity index (χ1) is 5.11. The van der Waals surface area contributed by atoms with Gasteiger partial charge in [0, 0.05) is 10.6 Å². The van der Waals surface area contributed by atoms with Gasteiger partial charge in [-0.05, 0) is 24.7 Å². The molecule has 0 aliphatic rings. The van der Waals surface area contributed by atoms with Gasteiger partial charge in [0.05, 0.1) is 0 Å². The van der Waals surface area contributed by atoms with E-state index in [2.05, 4.69) is 20.4 Å². The highest BCUT2D eigenvalue weighted by Crippen LogP contribution is 2.29. The van der Waals surface area contributed by atoms with Crippen molar-refractivity contribution in [1.82, 2.24) is 0 Å². The quantitative estimate of drug-likeness (QED) is 0.702. The molecule has 11 heavy (non-hydrogen) atoms. The second-order valence-corrected chi connectivity index (χ2v) is 3.73. The zero-order valence-corrected chi connectivity index (χ0v) is 8.42. The van der Waals surface area contributed by atoms with Gasteiger partial charge in [-0.25, -0.2) is 0 Å². The Morgan fingerprint density at radius 3 is 2.18 bits per heavy atom. The topological polar surface area (TPSA) is 26.0 Å². The molecule has 0 aromatic carbocycles. The molecule has 0 saturated heterocycles. The monoisotopic (exact) mass is 171 g/mol. The molecule has 0 saturated carbocycles. The van der Waals surface area contributed by atoms with Crippen LogP contribution in [0.15, 0.2) is 22.1 Å². The Morgan fingerprint density at radius 2 is 1.91 bits per heavy atom. The number of hydrogen-bond acceptors (Lipinski definition) is 2. The van der Waals surface area contributed by atoms with Crippen molar-refractivity contribution in [3.05, 3.63) is 22.1 Å². The molecule has 0 bridgehead atoms. The highest BCUT2D eigenvalue weighted by molar-refractivity contribution is 8.06. The Hall–Kier alpha value is -0.370. The minimum atomic E-state index is 0.923. The van der Waals surface area contributed by atoms with Crippen LogP contribution in [-0.2, 0) is 0 Å². The van der Waals surface area contributed by atoms with Crippen molar-refractivity contribution >= 4 is 11.8 Å². The highest BCUT2D eigenvalue weighted by atomic mass is 32.2. The van der Waals surface area contributed by atoms with E-state index in [0.29, 0.717) is 0 Å². The number of rotatable bonds is 4. The van der Waals surface area contributed by atoms with Crippen LogP contribution in [0.1, 0.15) is 33.6 Å². The lowest BCUT2D eigenvalue weighted by Gasteiger charge is -2.06. The van der Waals surface area contributed by atoms with E-state index in [1.807, 2.05) is 6.92 Å². The highest BCUT2D eigenvalue weighted by Gasteiger charge is 1.99. The zero-order chi connectivity index (χ0) is 8.85. The van der Waals surface area contributed by atoms with Gasteiger partial charge in [-0.2, -0.15) is 0 Å². The van der Waals surface area contributed by atoms with Crippen LogP contribution in [0, 0.1) is 0 Å². The summed E-state index contributed by atoms with van der Waals surface area (Å²) in [5.41, 5.74) is 6.59. The first kappa shape index (κ1) is 10.6. The van der Waals surface area contributed by atoms with Gasteiger partial charge in [0.2, 0.25) is 0 Å². The molecular formula is C9H17NS. The van der Waals surface area contributed by atoms with E-state index in [-0.39, 0.29) is 0 Å². The van der Waals surface area contributed by atoms with Gasteiger partial charge in [0.15, 0.2) is 0 Å².